The molecular formula is C11H12F2OSi. The molecule has 0 atom stereocenters. The molecule has 1 rings (SSSR count). The Hall–Kier alpha value is -1.18. The SMILES string of the molecule is C#Cc1cc(F)c(CO[SiH](C)C)c(F)c1. The molecule has 0 aromatic heterocycles. The van der Waals surface area contributed by atoms with Gasteiger partial charge in [0.15, 0.2) is 9.04 Å². The quantitative estimate of drug-likeness (QED) is 0.568. The summed E-state index contributed by atoms with van der Waals surface area (Å²) >= 11 is 0. The number of benzene rings is 1. The summed E-state index contributed by atoms with van der Waals surface area (Å²) in [5, 5.41) is 0. The first kappa shape index (κ1) is 11.9. The predicted octanol–water partition coefficient (Wildman–Crippen LogP) is 2.45. The van der Waals surface area contributed by atoms with Crippen molar-refractivity contribution >= 4 is 9.04 Å². The molecule has 0 heterocycles. The molecule has 1 nitrogen and oxygen atoms in total. The van der Waals surface area contributed by atoms with Gasteiger partial charge in [-0.3, -0.25) is 0 Å². The highest BCUT2D eigenvalue weighted by Gasteiger charge is 2.11. The van der Waals surface area contributed by atoms with Gasteiger partial charge >= 0.3 is 0 Å². The van der Waals surface area contributed by atoms with Crippen molar-refractivity contribution in [1.29, 1.82) is 0 Å². The van der Waals surface area contributed by atoms with Crippen LogP contribution >= 0.6 is 0 Å². The lowest BCUT2D eigenvalue weighted by atomic mass is 10.1. The van der Waals surface area contributed by atoms with Crippen molar-refractivity contribution in [3.8, 4) is 12.3 Å². The Morgan fingerprint density at radius 3 is 2.27 bits per heavy atom. The Kier molecular flexibility index (Phi) is 4.01. The molecule has 0 spiro atoms. The van der Waals surface area contributed by atoms with E-state index in [1.54, 1.807) is 0 Å². The van der Waals surface area contributed by atoms with Gasteiger partial charge in [0.1, 0.15) is 11.6 Å². The van der Waals surface area contributed by atoms with E-state index in [-0.39, 0.29) is 17.7 Å². The van der Waals surface area contributed by atoms with Gasteiger partial charge in [-0.25, -0.2) is 8.78 Å². The minimum absolute atomic E-state index is 0.0214. The van der Waals surface area contributed by atoms with Gasteiger partial charge in [-0.05, 0) is 25.2 Å². The van der Waals surface area contributed by atoms with Crippen LogP contribution in [-0.2, 0) is 11.0 Å². The highest BCUT2D eigenvalue weighted by atomic mass is 28.3. The number of terminal acetylenes is 1. The van der Waals surface area contributed by atoms with Crippen LogP contribution in [0.3, 0.4) is 0 Å². The monoisotopic (exact) mass is 226 g/mol. The summed E-state index contributed by atoms with van der Waals surface area (Å²) in [5.41, 5.74) is 0.158. The maximum atomic E-state index is 13.3. The van der Waals surface area contributed by atoms with Gasteiger partial charge in [0.05, 0.1) is 6.61 Å². The standard InChI is InChI=1S/C11H12F2OSi/c1-4-8-5-10(12)9(11(13)6-8)7-14-15(2)3/h1,5-6,15H,7H2,2-3H3. The average Bonchev–Trinajstić information content (AvgIpc) is 2.15. The van der Waals surface area contributed by atoms with Gasteiger partial charge in [-0.1, -0.05) is 5.92 Å². The average molecular weight is 226 g/mol. The van der Waals surface area contributed by atoms with Crippen molar-refractivity contribution in [2.24, 2.45) is 0 Å². The molecule has 0 radical (unpaired) electrons. The third-order valence-corrected chi connectivity index (χ3v) is 2.70. The van der Waals surface area contributed by atoms with E-state index in [1.807, 2.05) is 13.1 Å². The first-order valence-corrected chi connectivity index (χ1v) is 7.38. The highest BCUT2D eigenvalue weighted by Crippen LogP contribution is 2.16. The van der Waals surface area contributed by atoms with Crippen LogP contribution in [0.1, 0.15) is 11.1 Å². The number of halogens is 2. The molecule has 0 saturated carbocycles. The van der Waals surface area contributed by atoms with Gasteiger partial charge in [0, 0.05) is 11.1 Å². The Labute approximate surface area is 89.8 Å². The van der Waals surface area contributed by atoms with Gasteiger partial charge in [0.2, 0.25) is 0 Å². The summed E-state index contributed by atoms with van der Waals surface area (Å²) in [5.74, 6) is 0.906. The summed E-state index contributed by atoms with van der Waals surface area (Å²) in [4.78, 5) is 0. The van der Waals surface area contributed by atoms with Crippen molar-refractivity contribution in [3.63, 3.8) is 0 Å². The zero-order chi connectivity index (χ0) is 11.4. The lowest BCUT2D eigenvalue weighted by molar-refractivity contribution is 0.299. The molecule has 0 amide bonds. The molecular weight excluding hydrogens is 214 g/mol. The third kappa shape index (κ3) is 3.15. The molecule has 1 aromatic carbocycles. The number of hydrogen-bond donors (Lipinski definition) is 0. The fourth-order valence-electron chi connectivity index (χ4n) is 1.07. The minimum atomic E-state index is -1.27. The fourth-order valence-corrected chi connectivity index (χ4v) is 1.57. The Morgan fingerprint density at radius 1 is 1.33 bits per heavy atom. The third-order valence-electron chi connectivity index (χ3n) is 1.87. The van der Waals surface area contributed by atoms with Crippen LogP contribution < -0.4 is 0 Å². The molecule has 0 fully saturated rings. The second kappa shape index (κ2) is 5.05. The second-order valence-electron chi connectivity index (χ2n) is 3.42. The zero-order valence-corrected chi connectivity index (χ0v) is 9.84. The largest absolute Gasteiger partial charge is 0.416 e. The second-order valence-corrected chi connectivity index (χ2v) is 5.85. The van der Waals surface area contributed by atoms with Crippen molar-refractivity contribution in [1.82, 2.24) is 0 Å². The predicted molar refractivity (Wildman–Crippen MR) is 58.0 cm³/mol. The van der Waals surface area contributed by atoms with Gasteiger partial charge in [0.25, 0.3) is 0 Å². The van der Waals surface area contributed by atoms with Crippen molar-refractivity contribution < 1.29 is 13.2 Å². The molecule has 4 heteroatoms. The lowest BCUT2D eigenvalue weighted by Crippen LogP contribution is -2.09. The van der Waals surface area contributed by atoms with Gasteiger partial charge in [-0.15, -0.1) is 6.42 Å². The molecule has 0 bridgehead atoms. The molecule has 0 saturated heterocycles. The van der Waals surface area contributed by atoms with E-state index in [1.165, 1.54) is 0 Å². The highest BCUT2D eigenvalue weighted by molar-refractivity contribution is 6.48. The van der Waals surface area contributed by atoms with Gasteiger partial charge < -0.3 is 4.43 Å². The fraction of sp³-hybridized carbons (Fsp3) is 0.273. The Bertz CT molecular complexity index is 373. The summed E-state index contributed by atoms with van der Waals surface area (Å²) in [7, 11) is -1.27. The molecule has 80 valence electrons. The van der Waals surface area contributed by atoms with Crippen LogP contribution in [0.2, 0.25) is 13.1 Å². The molecule has 0 aliphatic carbocycles. The van der Waals surface area contributed by atoms with E-state index in [0.29, 0.717) is 0 Å². The molecule has 1 aromatic rings. The maximum Gasteiger partial charge on any atom is 0.171 e. The number of hydrogen-bond acceptors (Lipinski definition) is 1. The normalized spacial score (nSPS) is 10.4. The van der Waals surface area contributed by atoms with Crippen LogP contribution in [0.4, 0.5) is 8.78 Å². The molecule has 15 heavy (non-hydrogen) atoms. The summed E-state index contributed by atoms with van der Waals surface area (Å²) in [6, 6.07) is 2.29. The molecule has 0 aliphatic heterocycles. The van der Waals surface area contributed by atoms with Crippen LogP contribution in [0.15, 0.2) is 12.1 Å². The van der Waals surface area contributed by atoms with E-state index in [0.717, 1.165) is 12.1 Å². The maximum absolute atomic E-state index is 13.3. The Balaban J connectivity index is 2.94. The van der Waals surface area contributed by atoms with E-state index in [2.05, 4.69) is 5.92 Å². The van der Waals surface area contributed by atoms with Gasteiger partial charge in [-0.2, -0.15) is 0 Å². The topological polar surface area (TPSA) is 9.23 Å². The number of rotatable bonds is 3. The van der Waals surface area contributed by atoms with Crippen LogP contribution in [0, 0.1) is 24.0 Å². The smallest absolute Gasteiger partial charge is 0.171 e. The van der Waals surface area contributed by atoms with Crippen LogP contribution in [0.5, 0.6) is 0 Å². The molecule has 0 unspecified atom stereocenters. The minimum Gasteiger partial charge on any atom is -0.416 e. The van der Waals surface area contributed by atoms with E-state index >= 15 is 0 Å². The van der Waals surface area contributed by atoms with Crippen LogP contribution in [-0.4, -0.2) is 9.04 Å². The zero-order valence-electron chi connectivity index (χ0n) is 8.68. The lowest BCUT2D eigenvalue weighted by Gasteiger charge is -2.09. The summed E-state index contributed by atoms with van der Waals surface area (Å²) in [6.45, 7) is 3.85. The summed E-state index contributed by atoms with van der Waals surface area (Å²) < 4.78 is 32.0. The molecule has 0 N–H and O–H groups in total. The van der Waals surface area contributed by atoms with E-state index in [4.69, 9.17) is 10.8 Å². The van der Waals surface area contributed by atoms with Crippen molar-refractivity contribution in [3.05, 3.63) is 34.9 Å². The van der Waals surface area contributed by atoms with Crippen molar-refractivity contribution in [2.45, 2.75) is 19.7 Å². The first-order chi connectivity index (χ1) is 7.04. The Morgan fingerprint density at radius 2 is 1.87 bits per heavy atom. The molecule has 0 aliphatic rings. The first-order valence-electron chi connectivity index (χ1n) is 4.60. The summed E-state index contributed by atoms with van der Waals surface area (Å²) in [6.07, 6.45) is 5.05. The van der Waals surface area contributed by atoms with Crippen molar-refractivity contribution in [2.75, 3.05) is 0 Å². The van der Waals surface area contributed by atoms with Crippen LogP contribution in [0.25, 0.3) is 0 Å². The van der Waals surface area contributed by atoms with E-state index < -0.39 is 20.7 Å². The van der Waals surface area contributed by atoms with E-state index in [9.17, 15) is 8.78 Å².